The molecule has 10 aromatic carbocycles. The van der Waals surface area contributed by atoms with Crippen molar-refractivity contribution in [1.29, 1.82) is 0 Å². The Morgan fingerprint density at radius 3 is 1.50 bits per heavy atom. The summed E-state index contributed by atoms with van der Waals surface area (Å²) >= 11 is 0. The second kappa shape index (κ2) is 12.5. The van der Waals surface area contributed by atoms with Crippen LogP contribution in [0.2, 0.25) is 0 Å². The molecule has 0 aliphatic heterocycles. The third-order valence-corrected chi connectivity index (χ3v) is 12.2. The lowest BCUT2D eigenvalue weighted by atomic mass is 9.79. The lowest BCUT2D eigenvalue weighted by Crippen LogP contribution is -2.15. The summed E-state index contributed by atoms with van der Waals surface area (Å²) in [4.78, 5) is 2.36. The van der Waals surface area contributed by atoms with E-state index in [-0.39, 0.29) is 5.41 Å². The average Bonchev–Trinajstić information content (AvgIpc) is 3.49. The summed E-state index contributed by atoms with van der Waals surface area (Å²) in [6.07, 6.45) is 0. The average molecular weight is 714 g/mol. The van der Waals surface area contributed by atoms with Gasteiger partial charge in [0, 0.05) is 22.5 Å². The van der Waals surface area contributed by atoms with Crippen molar-refractivity contribution in [3.63, 3.8) is 0 Å². The van der Waals surface area contributed by atoms with Crippen molar-refractivity contribution in [3.8, 4) is 33.4 Å². The molecule has 56 heavy (non-hydrogen) atoms. The number of rotatable bonds is 5. The van der Waals surface area contributed by atoms with Gasteiger partial charge in [-0.15, -0.1) is 0 Å². The summed E-state index contributed by atoms with van der Waals surface area (Å²) in [5.74, 6) is 0. The van der Waals surface area contributed by atoms with Crippen LogP contribution in [0, 0.1) is 0 Å². The summed E-state index contributed by atoms with van der Waals surface area (Å²) in [5.41, 5.74) is 13.9. The van der Waals surface area contributed by atoms with Gasteiger partial charge in [-0.1, -0.05) is 172 Å². The monoisotopic (exact) mass is 713 g/mol. The zero-order valence-electron chi connectivity index (χ0n) is 31.5. The molecule has 0 unspecified atom stereocenters. The summed E-state index contributed by atoms with van der Waals surface area (Å²) in [6.45, 7) is 4.77. The van der Waals surface area contributed by atoms with Gasteiger partial charge in [-0.05, 0) is 130 Å². The van der Waals surface area contributed by atoms with Gasteiger partial charge in [0.1, 0.15) is 0 Å². The zero-order valence-corrected chi connectivity index (χ0v) is 31.5. The van der Waals surface area contributed by atoms with Crippen LogP contribution in [0.1, 0.15) is 25.0 Å². The van der Waals surface area contributed by atoms with E-state index >= 15 is 0 Å². The molecule has 1 aliphatic rings. The highest BCUT2D eigenvalue weighted by molar-refractivity contribution is 6.24. The highest BCUT2D eigenvalue weighted by atomic mass is 15.1. The van der Waals surface area contributed by atoms with Gasteiger partial charge < -0.3 is 4.90 Å². The van der Waals surface area contributed by atoms with Crippen molar-refractivity contribution in [2.75, 3.05) is 4.90 Å². The molecular formula is C55H39N. The first kappa shape index (κ1) is 32.5. The molecule has 0 heterocycles. The topological polar surface area (TPSA) is 3.24 Å². The van der Waals surface area contributed by atoms with Gasteiger partial charge in [0.2, 0.25) is 0 Å². The molecule has 0 aromatic heterocycles. The van der Waals surface area contributed by atoms with Crippen LogP contribution in [0.5, 0.6) is 0 Å². The minimum absolute atomic E-state index is 0.113. The highest BCUT2D eigenvalue weighted by Crippen LogP contribution is 2.55. The van der Waals surface area contributed by atoms with Crippen LogP contribution >= 0.6 is 0 Å². The fourth-order valence-corrected chi connectivity index (χ4v) is 9.60. The molecule has 1 heteroatoms. The number of fused-ring (bicyclic) bond motifs is 8. The SMILES string of the molecule is CC1(C)c2ccccc2-c2c1cc(-c1c3ccccc3c(-c3ccc(N(c4ccccc4)c4ccc5ccccc5c4)cc3)c3ccccc13)c1ccccc21. The largest absolute Gasteiger partial charge is 0.310 e. The van der Waals surface area contributed by atoms with Gasteiger partial charge in [0.05, 0.1) is 0 Å². The summed E-state index contributed by atoms with van der Waals surface area (Å²) < 4.78 is 0. The van der Waals surface area contributed by atoms with E-state index in [9.17, 15) is 0 Å². The van der Waals surface area contributed by atoms with Crippen molar-refractivity contribution >= 4 is 60.2 Å². The lowest BCUT2D eigenvalue weighted by Gasteiger charge is -2.26. The van der Waals surface area contributed by atoms with E-state index in [4.69, 9.17) is 0 Å². The molecule has 11 rings (SSSR count). The van der Waals surface area contributed by atoms with Gasteiger partial charge in [-0.2, -0.15) is 0 Å². The van der Waals surface area contributed by atoms with Gasteiger partial charge in [0.25, 0.3) is 0 Å². The van der Waals surface area contributed by atoms with Crippen LogP contribution < -0.4 is 4.90 Å². The first-order valence-corrected chi connectivity index (χ1v) is 19.6. The maximum atomic E-state index is 2.52. The maximum absolute atomic E-state index is 2.52. The van der Waals surface area contributed by atoms with Crippen molar-refractivity contribution in [2.45, 2.75) is 19.3 Å². The smallest absolute Gasteiger partial charge is 0.0468 e. The molecule has 10 aromatic rings. The second-order valence-electron chi connectivity index (χ2n) is 15.7. The van der Waals surface area contributed by atoms with Crippen molar-refractivity contribution < 1.29 is 0 Å². The highest BCUT2D eigenvalue weighted by Gasteiger charge is 2.37. The Kier molecular flexibility index (Phi) is 7.28. The van der Waals surface area contributed by atoms with E-state index in [1.807, 2.05) is 0 Å². The Morgan fingerprint density at radius 2 is 0.821 bits per heavy atom. The van der Waals surface area contributed by atoms with E-state index in [1.165, 1.54) is 87.6 Å². The molecule has 0 N–H and O–H groups in total. The van der Waals surface area contributed by atoms with Gasteiger partial charge in [-0.25, -0.2) is 0 Å². The van der Waals surface area contributed by atoms with Crippen LogP contribution in [-0.2, 0) is 5.41 Å². The summed E-state index contributed by atoms with van der Waals surface area (Å²) in [6, 6.07) is 73.8. The Bertz CT molecular complexity index is 3100. The molecular weight excluding hydrogens is 675 g/mol. The minimum Gasteiger partial charge on any atom is -0.310 e. The molecule has 0 bridgehead atoms. The number of hydrogen-bond donors (Lipinski definition) is 0. The van der Waals surface area contributed by atoms with Crippen molar-refractivity contribution in [2.24, 2.45) is 0 Å². The van der Waals surface area contributed by atoms with E-state index in [0.29, 0.717) is 0 Å². The molecule has 1 aliphatic carbocycles. The number of para-hydroxylation sites is 1. The van der Waals surface area contributed by atoms with Crippen molar-refractivity contribution in [1.82, 2.24) is 0 Å². The molecule has 264 valence electrons. The normalized spacial score (nSPS) is 13.0. The number of anilines is 3. The fraction of sp³-hybridized carbons (Fsp3) is 0.0545. The molecule has 0 saturated heterocycles. The Balaban J connectivity index is 1.12. The fourth-order valence-electron chi connectivity index (χ4n) is 9.60. The van der Waals surface area contributed by atoms with Gasteiger partial charge in [0.15, 0.2) is 0 Å². The Labute approximate surface area is 327 Å². The van der Waals surface area contributed by atoms with Crippen LogP contribution in [-0.4, -0.2) is 0 Å². The predicted octanol–water partition coefficient (Wildman–Crippen LogP) is 15.4. The quantitative estimate of drug-likeness (QED) is 0.161. The first-order chi connectivity index (χ1) is 27.6. The Morgan fingerprint density at radius 1 is 0.321 bits per heavy atom. The third kappa shape index (κ3) is 4.87. The van der Waals surface area contributed by atoms with Crippen LogP contribution in [0.25, 0.3) is 76.5 Å². The first-order valence-electron chi connectivity index (χ1n) is 19.6. The standard InChI is InChI=1S/C55H39N/c1-55(2)50-27-15-14-26-48(50)54-43-21-9-8-20-42(43)49(35-51(54)55)53-46-24-12-10-22-44(46)52(45-23-11-13-25-47(45)53)37-29-31-40(32-30-37)56(39-18-4-3-5-19-39)41-33-28-36-16-6-7-17-38(36)34-41/h3-35H,1-2H3. The van der Waals surface area contributed by atoms with E-state index in [2.05, 4.69) is 219 Å². The zero-order chi connectivity index (χ0) is 37.4. The molecule has 0 radical (unpaired) electrons. The summed E-state index contributed by atoms with van der Waals surface area (Å²) in [7, 11) is 0. The summed E-state index contributed by atoms with van der Waals surface area (Å²) in [5, 5.41) is 10.1. The lowest BCUT2D eigenvalue weighted by molar-refractivity contribution is 0.661. The third-order valence-electron chi connectivity index (χ3n) is 12.2. The molecule has 0 saturated carbocycles. The predicted molar refractivity (Wildman–Crippen MR) is 240 cm³/mol. The molecule has 0 amide bonds. The van der Waals surface area contributed by atoms with Crippen molar-refractivity contribution in [3.05, 3.63) is 211 Å². The van der Waals surface area contributed by atoms with Crippen LogP contribution in [0.3, 0.4) is 0 Å². The second-order valence-corrected chi connectivity index (χ2v) is 15.7. The van der Waals surface area contributed by atoms with E-state index in [0.717, 1.165) is 17.1 Å². The Hall–Kier alpha value is -6.96. The van der Waals surface area contributed by atoms with Gasteiger partial charge >= 0.3 is 0 Å². The number of benzene rings is 10. The van der Waals surface area contributed by atoms with Crippen LogP contribution in [0.15, 0.2) is 200 Å². The van der Waals surface area contributed by atoms with E-state index in [1.54, 1.807) is 0 Å². The van der Waals surface area contributed by atoms with Crippen LogP contribution in [0.4, 0.5) is 17.1 Å². The maximum Gasteiger partial charge on any atom is 0.0468 e. The number of hydrogen-bond acceptors (Lipinski definition) is 1. The number of nitrogens with zero attached hydrogens (tertiary/aromatic N) is 1. The molecule has 0 fully saturated rings. The van der Waals surface area contributed by atoms with Gasteiger partial charge in [-0.3, -0.25) is 0 Å². The molecule has 1 nitrogen and oxygen atoms in total. The minimum atomic E-state index is -0.113. The molecule has 0 atom stereocenters. The van der Waals surface area contributed by atoms with E-state index < -0.39 is 0 Å². The molecule has 0 spiro atoms.